The van der Waals surface area contributed by atoms with E-state index in [0.29, 0.717) is 0 Å². The van der Waals surface area contributed by atoms with Gasteiger partial charge in [0.25, 0.3) is 0 Å². The van der Waals surface area contributed by atoms with Gasteiger partial charge in [-0.1, -0.05) is 0 Å². The van der Waals surface area contributed by atoms with Crippen molar-refractivity contribution < 1.29 is 0 Å². The van der Waals surface area contributed by atoms with Gasteiger partial charge in [-0.05, 0) is 26.9 Å². The van der Waals surface area contributed by atoms with E-state index in [1.807, 2.05) is 12.6 Å². The number of aromatic nitrogens is 1. The van der Waals surface area contributed by atoms with Gasteiger partial charge < -0.3 is 5.32 Å². The van der Waals surface area contributed by atoms with Crippen LogP contribution >= 0.6 is 11.3 Å². The Morgan fingerprint density at radius 1 is 1.70 bits per heavy atom. The third-order valence-corrected chi connectivity index (χ3v) is 2.44. The van der Waals surface area contributed by atoms with Crippen molar-refractivity contribution in [2.75, 3.05) is 13.6 Å². The number of aryl methyl sites for hydroxylation is 1. The number of hydrogen-bond donors (Lipinski definition) is 1. The first kappa shape index (κ1) is 7.69. The van der Waals surface area contributed by atoms with Crippen molar-refractivity contribution in [1.29, 1.82) is 0 Å². The largest absolute Gasteiger partial charge is 0.319 e. The van der Waals surface area contributed by atoms with Crippen LogP contribution in [0.5, 0.6) is 0 Å². The van der Waals surface area contributed by atoms with Gasteiger partial charge in [0.2, 0.25) is 0 Å². The minimum absolute atomic E-state index is 1.04. The van der Waals surface area contributed by atoms with E-state index in [1.165, 1.54) is 10.6 Å². The van der Waals surface area contributed by atoms with E-state index in [9.17, 15) is 0 Å². The summed E-state index contributed by atoms with van der Waals surface area (Å²) in [7, 11) is 1.97. The molecule has 1 aromatic heterocycles. The van der Waals surface area contributed by atoms with Crippen LogP contribution in [-0.2, 0) is 6.42 Å². The van der Waals surface area contributed by atoms with Crippen LogP contribution in [0.3, 0.4) is 0 Å². The lowest BCUT2D eigenvalue weighted by Crippen LogP contribution is -2.09. The highest BCUT2D eigenvalue weighted by Gasteiger charge is 1.98. The number of rotatable bonds is 3. The Morgan fingerprint density at radius 2 is 2.50 bits per heavy atom. The summed E-state index contributed by atoms with van der Waals surface area (Å²) in [5, 5.41) is 3.11. The normalized spacial score (nSPS) is 10.2. The van der Waals surface area contributed by atoms with E-state index in [1.54, 1.807) is 11.3 Å². The van der Waals surface area contributed by atoms with E-state index < -0.39 is 0 Å². The Labute approximate surface area is 65.3 Å². The van der Waals surface area contributed by atoms with E-state index in [2.05, 4.69) is 17.2 Å². The van der Waals surface area contributed by atoms with Gasteiger partial charge >= 0.3 is 0 Å². The van der Waals surface area contributed by atoms with Crippen molar-refractivity contribution in [3.05, 3.63) is 16.1 Å². The van der Waals surface area contributed by atoms with Crippen molar-refractivity contribution in [2.24, 2.45) is 0 Å². The monoisotopic (exact) mass is 156 g/mol. The van der Waals surface area contributed by atoms with Gasteiger partial charge in [-0.25, -0.2) is 4.98 Å². The van der Waals surface area contributed by atoms with Crippen LogP contribution in [0, 0.1) is 6.92 Å². The molecule has 0 aliphatic carbocycles. The quantitative estimate of drug-likeness (QED) is 0.711. The molecule has 56 valence electrons. The molecule has 0 spiro atoms. The summed E-state index contributed by atoms with van der Waals surface area (Å²) < 4.78 is 0. The number of thiazole rings is 1. The van der Waals surface area contributed by atoms with Gasteiger partial charge in [0.1, 0.15) is 0 Å². The zero-order valence-corrected chi connectivity index (χ0v) is 7.16. The lowest BCUT2D eigenvalue weighted by Gasteiger charge is -1.95. The SMILES string of the molecule is CNCCc1scnc1C. The van der Waals surface area contributed by atoms with Gasteiger partial charge in [-0.3, -0.25) is 0 Å². The molecule has 1 rings (SSSR count). The van der Waals surface area contributed by atoms with Crippen molar-refractivity contribution >= 4 is 11.3 Å². The summed E-state index contributed by atoms with van der Waals surface area (Å²) in [5.74, 6) is 0. The first-order valence-corrected chi connectivity index (χ1v) is 4.26. The Bertz CT molecular complexity index is 195. The molecule has 0 fully saturated rings. The van der Waals surface area contributed by atoms with Crippen LogP contribution in [0.1, 0.15) is 10.6 Å². The second kappa shape index (κ2) is 3.68. The zero-order valence-electron chi connectivity index (χ0n) is 6.35. The topological polar surface area (TPSA) is 24.9 Å². The standard InChI is InChI=1S/C7H12N2S/c1-6-7(3-4-8-2)10-5-9-6/h5,8H,3-4H2,1-2H3. The fourth-order valence-corrected chi connectivity index (χ4v) is 1.59. The second-order valence-corrected chi connectivity index (χ2v) is 3.15. The number of likely N-dealkylation sites (N-methyl/N-ethyl adjacent to an activating group) is 1. The smallest absolute Gasteiger partial charge is 0.0797 e. The lowest BCUT2D eigenvalue weighted by molar-refractivity contribution is 0.795. The van der Waals surface area contributed by atoms with E-state index in [-0.39, 0.29) is 0 Å². The van der Waals surface area contributed by atoms with Gasteiger partial charge in [0, 0.05) is 4.88 Å². The van der Waals surface area contributed by atoms with Crippen molar-refractivity contribution in [1.82, 2.24) is 10.3 Å². The minimum Gasteiger partial charge on any atom is -0.319 e. The van der Waals surface area contributed by atoms with Crippen LogP contribution in [0.4, 0.5) is 0 Å². The van der Waals surface area contributed by atoms with E-state index >= 15 is 0 Å². The first-order chi connectivity index (χ1) is 4.84. The summed E-state index contributed by atoms with van der Waals surface area (Å²) in [5.41, 5.74) is 3.08. The van der Waals surface area contributed by atoms with Crippen molar-refractivity contribution in [3.63, 3.8) is 0 Å². The number of nitrogens with zero attached hydrogens (tertiary/aromatic N) is 1. The fraction of sp³-hybridized carbons (Fsp3) is 0.571. The lowest BCUT2D eigenvalue weighted by atomic mass is 10.3. The fourth-order valence-electron chi connectivity index (χ4n) is 0.805. The average molecular weight is 156 g/mol. The molecule has 1 heterocycles. The third kappa shape index (κ3) is 1.78. The molecule has 1 aromatic rings. The van der Waals surface area contributed by atoms with Gasteiger partial charge in [0.15, 0.2) is 0 Å². The predicted molar refractivity (Wildman–Crippen MR) is 44.5 cm³/mol. The Hall–Kier alpha value is -0.410. The Kier molecular flexibility index (Phi) is 2.83. The molecule has 0 atom stereocenters. The summed E-state index contributed by atoms with van der Waals surface area (Å²) in [6.07, 6.45) is 1.10. The first-order valence-electron chi connectivity index (χ1n) is 3.38. The number of hydrogen-bond acceptors (Lipinski definition) is 3. The average Bonchev–Trinajstić information content (AvgIpc) is 2.31. The Morgan fingerprint density at radius 3 is 3.00 bits per heavy atom. The molecule has 0 bridgehead atoms. The summed E-state index contributed by atoms with van der Waals surface area (Å²) in [6, 6.07) is 0. The maximum atomic E-state index is 4.16. The second-order valence-electron chi connectivity index (χ2n) is 2.21. The highest BCUT2D eigenvalue weighted by atomic mass is 32.1. The highest BCUT2D eigenvalue weighted by molar-refractivity contribution is 7.09. The highest BCUT2D eigenvalue weighted by Crippen LogP contribution is 2.11. The molecular weight excluding hydrogens is 144 g/mol. The van der Waals surface area contributed by atoms with Gasteiger partial charge in [-0.2, -0.15) is 0 Å². The molecule has 0 aliphatic rings. The van der Waals surface area contributed by atoms with Crippen LogP contribution in [0.15, 0.2) is 5.51 Å². The summed E-state index contributed by atoms with van der Waals surface area (Å²) in [6.45, 7) is 3.10. The van der Waals surface area contributed by atoms with Crippen LogP contribution in [0.25, 0.3) is 0 Å². The molecule has 0 aliphatic heterocycles. The van der Waals surface area contributed by atoms with E-state index in [0.717, 1.165) is 13.0 Å². The number of nitrogens with one attached hydrogen (secondary N) is 1. The minimum atomic E-state index is 1.04. The van der Waals surface area contributed by atoms with Crippen molar-refractivity contribution in [2.45, 2.75) is 13.3 Å². The maximum Gasteiger partial charge on any atom is 0.0797 e. The molecule has 2 nitrogen and oxygen atoms in total. The van der Waals surface area contributed by atoms with Crippen molar-refractivity contribution in [3.8, 4) is 0 Å². The molecule has 0 aromatic carbocycles. The van der Waals surface area contributed by atoms with Gasteiger partial charge in [-0.15, -0.1) is 11.3 Å². The third-order valence-electron chi connectivity index (χ3n) is 1.45. The van der Waals surface area contributed by atoms with Gasteiger partial charge in [0.05, 0.1) is 11.2 Å². The molecule has 0 radical (unpaired) electrons. The predicted octanol–water partition coefficient (Wildman–Crippen LogP) is 1.21. The zero-order chi connectivity index (χ0) is 7.40. The molecule has 0 saturated heterocycles. The molecular formula is C7H12N2S. The summed E-state index contributed by atoms with van der Waals surface area (Å²) >= 11 is 1.74. The van der Waals surface area contributed by atoms with Crippen LogP contribution in [-0.4, -0.2) is 18.6 Å². The van der Waals surface area contributed by atoms with Crippen LogP contribution < -0.4 is 5.32 Å². The molecule has 0 saturated carbocycles. The molecule has 10 heavy (non-hydrogen) atoms. The molecule has 1 N–H and O–H groups in total. The molecule has 0 amide bonds. The Balaban J connectivity index is 2.49. The van der Waals surface area contributed by atoms with E-state index in [4.69, 9.17) is 0 Å². The van der Waals surface area contributed by atoms with Crippen LogP contribution in [0.2, 0.25) is 0 Å². The molecule has 0 unspecified atom stereocenters. The summed E-state index contributed by atoms with van der Waals surface area (Å²) in [4.78, 5) is 5.56. The maximum absolute atomic E-state index is 4.16. The molecule has 3 heteroatoms.